The Morgan fingerprint density at radius 3 is 2.35 bits per heavy atom. The molecule has 190 valence electrons. The highest BCUT2D eigenvalue weighted by Crippen LogP contribution is 2.51. The Kier molecular flexibility index (Phi) is 5.79. The average molecular weight is 505 g/mol. The summed E-state index contributed by atoms with van der Waals surface area (Å²) in [4.78, 5) is 78.1. The van der Waals surface area contributed by atoms with Crippen LogP contribution in [0.25, 0.3) is 0 Å². The maximum Gasteiger partial charge on any atom is 0.310 e. The SMILES string of the molecule is NC(=O)C1C(=O)C[C@@H]2[C@@H](OC(=O)Cc3ccccc3)[C@@H]3Cc4cccc(O)c4C(=O)C3C(=O)[C@]2(O)C1=O. The Morgan fingerprint density at radius 1 is 0.973 bits per heavy atom. The molecule has 0 bridgehead atoms. The Balaban J connectivity index is 1.61. The van der Waals surface area contributed by atoms with Gasteiger partial charge in [0.1, 0.15) is 11.9 Å². The predicted octanol–water partition coefficient (Wildman–Crippen LogP) is 0.0913. The van der Waals surface area contributed by atoms with Crippen LogP contribution in [0.15, 0.2) is 48.5 Å². The van der Waals surface area contributed by atoms with Crippen molar-refractivity contribution in [3.05, 3.63) is 65.2 Å². The van der Waals surface area contributed by atoms with Crippen LogP contribution in [0.3, 0.4) is 0 Å². The van der Waals surface area contributed by atoms with Crippen LogP contribution in [0, 0.1) is 23.7 Å². The molecule has 0 aliphatic heterocycles. The van der Waals surface area contributed by atoms with E-state index in [2.05, 4.69) is 0 Å². The number of nitrogens with two attached hydrogens (primary N) is 1. The number of carbonyl (C=O) groups is 6. The molecule has 0 aromatic heterocycles. The van der Waals surface area contributed by atoms with E-state index in [1.807, 2.05) is 0 Å². The fraction of sp³-hybridized carbons (Fsp3) is 0.333. The van der Waals surface area contributed by atoms with Gasteiger partial charge in [0.15, 0.2) is 34.7 Å². The summed E-state index contributed by atoms with van der Waals surface area (Å²) in [7, 11) is 0. The van der Waals surface area contributed by atoms with Crippen LogP contribution in [-0.2, 0) is 41.6 Å². The number of rotatable bonds is 4. The first-order valence-corrected chi connectivity index (χ1v) is 11.8. The topological polar surface area (TPSA) is 178 Å². The van der Waals surface area contributed by atoms with Gasteiger partial charge in [0.2, 0.25) is 5.91 Å². The molecule has 0 saturated heterocycles. The largest absolute Gasteiger partial charge is 0.507 e. The Morgan fingerprint density at radius 2 is 1.68 bits per heavy atom. The zero-order valence-corrected chi connectivity index (χ0v) is 19.5. The van der Waals surface area contributed by atoms with Crippen molar-refractivity contribution in [2.24, 2.45) is 29.4 Å². The highest BCUT2D eigenvalue weighted by molar-refractivity contribution is 6.31. The molecule has 0 spiro atoms. The molecule has 10 heteroatoms. The first-order chi connectivity index (χ1) is 17.6. The molecule has 2 aromatic rings. The van der Waals surface area contributed by atoms with Crippen molar-refractivity contribution in [1.82, 2.24) is 0 Å². The fourth-order valence-electron chi connectivity index (χ4n) is 6.02. The third kappa shape index (κ3) is 3.67. The number of primary amides is 1. The minimum absolute atomic E-state index is 0.00335. The highest BCUT2D eigenvalue weighted by Gasteiger charge is 2.70. The van der Waals surface area contributed by atoms with Crippen molar-refractivity contribution in [1.29, 1.82) is 0 Å². The molecule has 10 nitrogen and oxygen atoms in total. The van der Waals surface area contributed by atoms with Gasteiger partial charge in [0.05, 0.1) is 17.9 Å². The minimum Gasteiger partial charge on any atom is -0.507 e. The molecular formula is C27H23NO9. The predicted molar refractivity (Wildman–Crippen MR) is 124 cm³/mol. The van der Waals surface area contributed by atoms with E-state index in [4.69, 9.17) is 10.5 Å². The van der Waals surface area contributed by atoms with Crippen LogP contribution >= 0.6 is 0 Å². The second-order valence-corrected chi connectivity index (χ2v) is 9.75. The molecule has 3 aliphatic carbocycles. The Bertz CT molecular complexity index is 1370. The molecule has 0 heterocycles. The highest BCUT2D eigenvalue weighted by atomic mass is 16.5. The zero-order valence-electron chi connectivity index (χ0n) is 19.5. The number of phenols is 1. The Labute approximate surface area is 210 Å². The number of phenolic OH excluding ortho intramolecular Hbond substituents is 1. The van der Waals surface area contributed by atoms with Gasteiger partial charge in [-0.15, -0.1) is 0 Å². The van der Waals surface area contributed by atoms with E-state index in [1.54, 1.807) is 36.4 Å². The van der Waals surface area contributed by atoms with Crippen LogP contribution in [-0.4, -0.2) is 56.9 Å². The van der Waals surface area contributed by atoms with Crippen molar-refractivity contribution in [3.8, 4) is 5.75 Å². The molecule has 6 atom stereocenters. The summed E-state index contributed by atoms with van der Waals surface area (Å²) in [6, 6.07) is 13.0. The first-order valence-electron chi connectivity index (χ1n) is 11.8. The van der Waals surface area contributed by atoms with Crippen LogP contribution in [0.1, 0.15) is 27.9 Å². The minimum atomic E-state index is -2.95. The van der Waals surface area contributed by atoms with E-state index in [0.717, 1.165) is 0 Å². The summed E-state index contributed by atoms with van der Waals surface area (Å²) in [5.41, 5.74) is 3.17. The number of carbonyl (C=O) groups excluding carboxylic acids is 6. The summed E-state index contributed by atoms with van der Waals surface area (Å²) < 4.78 is 5.75. The van der Waals surface area contributed by atoms with E-state index in [-0.39, 0.29) is 24.2 Å². The second kappa shape index (κ2) is 8.74. The van der Waals surface area contributed by atoms with E-state index in [0.29, 0.717) is 11.1 Å². The molecule has 3 aliphatic rings. The summed E-state index contributed by atoms with van der Waals surface area (Å²) in [5.74, 6) is -13.1. The van der Waals surface area contributed by atoms with Gasteiger partial charge in [-0.1, -0.05) is 42.5 Å². The number of ether oxygens (including phenoxy) is 1. The average Bonchev–Trinajstić information content (AvgIpc) is 2.84. The lowest BCUT2D eigenvalue weighted by Crippen LogP contribution is -2.72. The number of amides is 1. The fourth-order valence-corrected chi connectivity index (χ4v) is 6.02. The molecule has 5 rings (SSSR count). The van der Waals surface area contributed by atoms with Gasteiger partial charge in [-0.05, 0) is 23.6 Å². The number of fused-ring (bicyclic) bond motifs is 3. The van der Waals surface area contributed by atoms with E-state index < -0.39 is 76.8 Å². The summed E-state index contributed by atoms with van der Waals surface area (Å²) >= 11 is 0. The van der Waals surface area contributed by atoms with E-state index in [9.17, 15) is 39.0 Å². The molecule has 37 heavy (non-hydrogen) atoms. The zero-order chi connectivity index (χ0) is 26.6. The number of Topliss-reactive ketones (excluding diaryl/α,β-unsaturated/α-hetero) is 4. The summed E-state index contributed by atoms with van der Waals surface area (Å²) in [5, 5.41) is 21.9. The van der Waals surface area contributed by atoms with Crippen LogP contribution in [0.4, 0.5) is 0 Å². The van der Waals surface area contributed by atoms with Crippen molar-refractivity contribution in [2.75, 3.05) is 0 Å². The number of hydrogen-bond acceptors (Lipinski definition) is 9. The number of aliphatic hydroxyl groups is 1. The second-order valence-electron chi connectivity index (χ2n) is 9.75. The maximum absolute atomic E-state index is 13.7. The van der Waals surface area contributed by atoms with Crippen molar-refractivity contribution in [3.63, 3.8) is 0 Å². The smallest absolute Gasteiger partial charge is 0.310 e. The van der Waals surface area contributed by atoms with E-state index >= 15 is 0 Å². The summed E-state index contributed by atoms with van der Waals surface area (Å²) in [6.45, 7) is 0. The molecule has 2 fully saturated rings. The number of benzene rings is 2. The summed E-state index contributed by atoms with van der Waals surface area (Å²) in [6.07, 6.45) is -2.19. The van der Waals surface area contributed by atoms with Crippen LogP contribution in [0.2, 0.25) is 0 Å². The van der Waals surface area contributed by atoms with Gasteiger partial charge in [-0.25, -0.2) is 0 Å². The molecular weight excluding hydrogens is 482 g/mol. The maximum atomic E-state index is 13.7. The molecule has 2 saturated carbocycles. The third-order valence-corrected chi connectivity index (χ3v) is 7.68. The van der Waals surface area contributed by atoms with Gasteiger partial charge in [0, 0.05) is 18.3 Å². The van der Waals surface area contributed by atoms with Gasteiger partial charge in [0.25, 0.3) is 0 Å². The van der Waals surface area contributed by atoms with Gasteiger partial charge in [-0.2, -0.15) is 0 Å². The number of ketones is 4. The first kappa shape index (κ1) is 24.5. The molecule has 1 amide bonds. The lowest BCUT2D eigenvalue weighted by molar-refractivity contribution is -0.197. The van der Waals surface area contributed by atoms with Crippen molar-refractivity contribution >= 4 is 35.0 Å². The normalized spacial score (nSPS) is 30.7. The quantitative estimate of drug-likeness (QED) is 0.384. The molecule has 2 unspecified atom stereocenters. The monoisotopic (exact) mass is 505 g/mol. The number of esters is 1. The lowest BCUT2D eigenvalue weighted by Gasteiger charge is -2.52. The van der Waals surface area contributed by atoms with E-state index in [1.165, 1.54) is 12.1 Å². The van der Waals surface area contributed by atoms with Gasteiger partial charge >= 0.3 is 5.97 Å². The molecule has 0 radical (unpaired) electrons. The Hall–Kier alpha value is -4.18. The lowest BCUT2D eigenvalue weighted by atomic mass is 9.52. The number of hydrogen-bond donors (Lipinski definition) is 3. The number of aromatic hydroxyl groups is 1. The van der Waals surface area contributed by atoms with Gasteiger partial charge < -0.3 is 20.7 Å². The van der Waals surface area contributed by atoms with Crippen molar-refractivity contribution in [2.45, 2.75) is 31.0 Å². The van der Waals surface area contributed by atoms with Gasteiger partial charge in [-0.3, -0.25) is 28.8 Å². The van der Waals surface area contributed by atoms with Crippen LogP contribution in [0.5, 0.6) is 5.75 Å². The third-order valence-electron chi connectivity index (χ3n) is 7.68. The van der Waals surface area contributed by atoms with Crippen molar-refractivity contribution < 1.29 is 43.7 Å². The molecule has 2 aromatic carbocycles. The standard InChI is InChI=1S/C27H23NO9/c28-26(35)21-17(30)11-15-23(37-18(31)9-12-5-2-1-3-6-12)14-10-13-7-4-8-16(29)19(13)22(32)20(14)24(33)27(15,36)25(21)34/h1-8,14-15,20-21,23,29,36H,9-11H2,(H2,28,35)/t14-,15-,20?,21?,23+,27+/m1/s1. The van der Waals surface area contributed by atoms with Crippen LogP contribution < -0.4 is 5.73 Å². The molecule has 4 N–H and O–H groups in total.